The Labute approximate surface area is 154 Å². The number of hydrogen-bond acceptors (Lipinski definition) is 8. The highest BCUT2D eigenvalue weighted by molar-refractivity contribution is 6.00. The number of phenolic OH excluding ortho intramolecular Hbond substituents is 6. The van der Waals surface area contributed by atoms with Gasteiger partial charge < -0.3 is 30.6 Å². The van der Waals surface area contributed by atoms with E-state index in [1.54, 1.807) is 13.8 Å². The predicted octanol–water partition coefficient (Wildman–Crippen LogP) is 2.70. The summed E-state index contributed by atoms with van der Waals surface area (Å²) >= 11 is 0. The number of benzene rings is 2. The van der Waals surface area contributed by atoms with Gasteiger partial charge in [0.25, 0.3) is 0 Å². The fraction of sp³-hybridized carbons (Fsp3) is 0.263. The van der Waals surface area contributed by atoms with Gasteiger partial charge in [0, 0.05) is 30.4 Å². The maximum absolute atomic E-state index is 11.9. The molecule has 8 heteroatoms. The normalized spacial score (nSPS) is 10.7. The first-order chi connectivity index (χ1) is 12.6. The molecular weight excluding hydrogens is 356 g/mol. The van der Waals surface area contributed by atoms with Crippen molar-refractivity contribution < 1.29 is 40.2 Å². The van der Waals surface area contributed by atoms with E-state index in [0.717, 1.165) is 12.1 Å². The Morgan fingerprint density at radius 2 is 0.963 bits per heavy atom. The van der Waals surface area contributed by atoms with Gasteiger partial charge in [0.1, 0.15) is 0 Å². The van der Waals surface area contributed by atoms with Crippen LogP contribution in [0.4, 0.5) is 0 Å². The molecule has 0 saturated carbocycles. The molecule has 0 aromatic heterocycles. The first-order valence-corrected chi connectivity index (χ1v) is 8.23. The van der Waals surface area contributed by atoms with Crippen LogP contribution >= 0.6 is 0 Å². The molecule has 0 aliphatic heterocycles. The monoisotopic (exact) mass is 376 g/mol. The van der Waals surface area contributed by atoms with Crippen molar-refractivity contribution in [3.8, 4) is 34.5 Å². The molecule has 0 heterocycles. The van der Waals surface area contributed by atoms with Crippen LogP contribution in [0.1, 0.15) is 58.5 Å². The van der Waals surface area contributed by atoms with E-state index >= 15 is 0 Å². The van der Waals surface area contributed by atoms with E-state index in [1.807, 2.05) is 0 Å². The molecule has 8 nitrogen and oxygen atoms in total. The average molecular weight is 376 g/mol. The average Bonchev–Trinajstić information content (AvgIpc) is 2.67. The Morgan fingerprint density at radius 1 is 0.630 bits per heavy atom. The lowest BCUT2D eigenvalue weighted by Crippen LogP contribution is -2.02. The molecule has 0 unspecified atom stereocenters. The highest BCUT2D eigenvalue weighted by atomic mass is 16.3. The molecule has 0 radical (unpaired) electrons. The predicted molar refractivity (Wildman–Crippen MR) is 94.9 cm³/mol. The SMILES string of the molecule is CCC(=O)c1cc(Cc2cc(C(=O)CC)c(O)c(O)c2O)c(O)c(O)c1O. The molecule has 0 spiro atoms. The zero-order valence-corrected chi connectivity index (χ0v) is 14.8. The summed E-state index contributed by atoms with van der Waals surface area (Å²) in [5.74, 6) is -5.70. The van der Waals surface area contributed by atoms with Crippen molar-refractivity contribution in [2.24, 2.45) is 0 Å². The highest BCUT2D eigenvalue weighted by Crippen LogP contribution is 2.45. The van der Waals surface area contributed by atoms with Crippen LogP contribution < -0.4 is 0 Å². The number of ketones is 2. The molecule has 2 aromatic rings. The summed E-state index contributed by atoms with van der Waals surface area (Å²) in [4.78, 5) is 23.9. The summed E-state index contributed by atoms with van der Waals surface area (Å²) < 4.78 is 0. The molecule has 6 N–H and O–H groups in total. The molecule has 2 rings (SSSR count). The number of Topliss-reactive ketones (excluding diaryl/α,β-unsaturated/α-hetero) is 2. The Kier molecular flexibility index (Phi) is 5.49. The van der Waals surface area contributed by atoms with Crippen LogP contribution in [0.3, 0.4) is 0 Å². The lowest BCUT2D eigenvalue weighted by atomic mass is 9.94. The second-order valence-corrected chi connectivity index (χ2v) is 5.99. The van der Waals surface area contributed by atoms with Crippen molar-refractivity contribution in [2.45, 2.75) is 33.1 Å². The van der Waals surface area contributed by atoms with Crippen LogP contribution in [-0.4, -0.2) is 42.2 Å². The largest absolute Gasteiger partial charge is 0.504 e. The Morgan fingerprint density at radius 3 is 1.26 bits per heavy atom. The van der Waals surface area contributed by atoms with Crippen LogP contribution in [0.15, 0.2) is 12.1 Å². The zero-order chi connectivity index (χ0) is 20.5. The smallest absolute Gasteiger partial charge is 0.201 e. The van der Waals surface area contributed by atoms with E-state index in [-0.39, 0.29) is 41.5 Å². The van der Waals surface area contributed by atoms with Gasteiger partial charge in [0.15, 0.2) is 34.6 Å². The van der Waals surface area contributed by atoms with Crippen molar-refractivity contribution in [1.29, 1.82) is 0 Å². The third kappa shape index (κ3) is 3.46. The van der Waals surface area contributed by atoms with Gasteiger partial charge in [-0.15, -0.1) is 0 Å². The van der Waals surface area contributed by atoms with Crippen LogP contribution in [0.5, 0.6) is 34.5 Å². The number of carbonyl (C=O) groups is 2. The summed E-state index contributed by atoms with van der Waals surface area (Å²) in [6.07, 6.45) is -0.220. The zero-order valence-electron chi connectivity index (χ0n) is 14.8. The minimum absolute atomic E-state index is 0.0302. The summed E-state index contributed by atoms with van der Waals surface area (Å²) in [6.45, 7) is 3.11. The van der Waals surface area contributed by atoms with Gasteiger partial charge in [-0.2, -0.15) is 0 Å². The van der Waals surface area contributed by atoms with Gasteiger partial charge in [-0.1, -0.05) is 13.8 Å². The van der Waals surface area contributed by atoms with E-state index in [2.05, 4.69) is 0 Å². The second kappa shape index (κ2) is 7.45. The lowest BCUT2D eigenvalue weighted by molar-refractivity contribution is 0.0976. The lowest BCUT2D eigenvalue weighted by Gasteiger charge is -2.14. The highest BCUT2D eigenvalue weighted by Gasteiger charge is 2.24. The van der Waals surface area contributed by atoms with Crippen LogP contribution in [0, 0.1) is 0 Å². The number of rotatable bonds is 6. The molecule has 0 saturated heterocycles. The summed E-state index contributed by atoms with van der Waals surface area (Å²) in [6, 6.07) is 2.31. The minimum Gasteiger partial charge on any atom is -0.504 e. The molecular formula is C19H20O8. The number of aromatic hydroxyl groups is 6. The van der Waals surface area contributed by atoms with Gasteiger partial charge in [-0.3, -0.25) is 9.59 Å². The van der Waals surface area contributed by atoms with Crippen LogP contribution in [0.25, 0.3) is 0 Å². The molecule has 27 heavy (non-hydrogen) atoms. The molecule has 0 aliphatic carbocycles. The van der Waals surface area contributed by atoms with Gasteiger partial charge in [0.2, 0.25) is 11.5 Å². The minimum atomic E-state index is -0.892. The second-order valence-electron chi connectivity index (χ2n) is 5.99. The maximum Gasteiger partial charge on any atom is 0.201 e. The molecule has 144 valence electrons. The van der Waals surface area contributed by atoms with Crippen molar-refractivity contribution in [2.75, 3.05) is 0 Å². The summed E-state index contributed by atoms with van der Waals surface area (Å²) in [5, 5.41) is 59.6. The van der Waals surface area contributed by atoms with Gasteiger partial charge in [-0.05, 0) is 12.1 Å². The molecule has 0 amide bonds. The fourth-order valence-electron chi connectivity index (χ4n) is 2.69. The Bertz CT molecular complexity index is 855. The molecule has 0 aliphatic rings. The summed E-state index contributed by atoms with van der Waals surface area (Å²) in [7, 11) is 0. The molecule has 0 bridgehead atoms. The van der Waals surface area contributed by atoms with E-state index in [0.29, 0.717) is 0 Å². The molecule has 0 atom stereocenters. The quantitative estimate of drug-likeness (QED) is 0.332. The van der Waals surface area contributed by atoms with Crippen LogP contribution in [-0.2, 0) is 6.42 Å². The Hall–Kier alpha value is -3.42. The first kappa shape index (κ1) is 19.9. The molecule has 2 aromatic carbocycles. The van der Waals surface area contributed by atoms with Gasteiger partial charge in [-0.25, -0.2) is 0 Å². The number of phenols is 6. The first-order valence-electron chi connectivity index (χ1n) is 8.23. The maximum atomic E-state index is 11.9. The third-order valence-electron chi connectivity index (χ3n) is 4.28. The van der Waals surface area contributed by atoms with Crippen molar-refractivity contribution in [3.05, 3.63) is 34.4 Å². The van der Waals surface area contributed by atoms with Gasteiger partial charge >= 0.3 is 0 Å². The number of hydrogen-bond donors (Lipinski definition) is 6. The van der Waals surface area contributed by atoms with E-state index < -0.39 is 46.1 Å². The van der Waals surface area contributed by atoms with E-state index in [9.17, 15) is 40.2 Å². The number of carbonyl (C=O) groups excluding carboxylic acids is 2. The van der Waals surface area contributed by atoms with E-state index in [4.69, 9.17) is 0 Å². The van der Waals surface area contributed by atoms with Crippen molar-refractivity contribution in [3.63, 3.8) is 0 Å². The standard InChI is InChI=1S/C19H20O8/c1-3-12(20)10-6-8(14(22)18(26)16(10)24)5-9-7-11(13(21)4-2)17(25)19(27)15(9)23/h6-7,22-27H,3-5H2,1-2H3. The van der Waals surface area contributed by atoms with Gasteiger partial charge in [0.05, 0.1) is 11.1 Å². The summed E-state index contributed by atoms with van der Waals surface area (Å²) in [5.41, 5.74) is -0.486. The fourth-order valence-corrected chi connectivity index (χ4v) is 2.69. The Balaban J connectivity index is 2.64. The van der Waals surface area contributed by atoms with Crippen molar-refractivity contribution in [1.82, 2.24) is 0 Å². The topological polar surface area (TPSA) is 156 Å². The van der Waals surface area contributed by atoms with Crippen molar-refractivity contribution >= 4 is 11.6 Å². The van der Waals surface area contributed by atoms with Crippen LogP contribution in [0.2, 0.25) is 0 Å². The third-order valence-corrected chi connectivity index (χ3v) is 4.28. The van der Waals surface area contributed by atoms with E-state index in [1.165, 1.54) is 0 Å². The molecule has 0 fully saturated rings.